The normalized spacial score (nSPS) is 17.4. The number of hydrogen-bond acceptors (Lipinski definition) is 2. The topological polar surface area (TPSA) is 41.6 Å². The number of carbonyl (C=O) groups excluding carboxylic acids is 1. The van der Waals surface area contributed by atoms with Gasteiger partial charge in [0.25, 0.3) is 0 Å². The van der Waals surface area contributed by atoms with Crippen molar-refractivity contribution < 1.29 is 9.53 Å². The number of urea groups is 1. The zero-order valence-electron chi connectivity index (χ0n) is 13.8. The van der Waals surface area contributed by atoms with E-state index in [4.69, 9.17) is 27.9 Å². The lowest BCUT2D eigenvalue weighted by molar-refractivity contribution is -0.0153. The summed E-state index contributed by atoms with van der Waals surface area (Å²) in [7, 11) is 0. The molecule has 3 rings (SSSR count). The third-order valence-electron chi connectivity index (χ3n) is 4.14. The van der Waals surface area contributed by atoms with Gasteiger partial charge >= 0.3 is 6.03 Å². The molecule has 0 spiro atoms. The number of ether oxygens (including phenoxy) is 1. The SMILES string of the molecule is O=C(NCCc1ccccc1)N1CCOC(c2cc(Cl)cc(Cl)c2)C1. The predicted molar refractivity (Wildman–Crippen MR) is 100 cm³/mol. The first-order chi connectivity index (χ1) is 12.1. The molecule has 1 heterocycles. The maximum absolute atomic E-state index is 12.4. The average molecular weight is 379 g/mol. The first-order valence-electron chi connectivity index (χ1n) is 8.26. The van der Waals surface area contributed by atoms with Crippen LogP contribution in [0.25, 0.3) is 0 Å². The van der Waals surface area contributed by atoms with Gasteiger partial charge in [0.2, 0.25) is 0 Å². The van der Waals surface area contributed by atoms with Gasteiger partial charge in [0, 0.05) is 23.1 Å². The summed E-state index contributed by atoms with van der Waals surface area (Å²) in [5.41, 5.74) is 2.09. The Kier molecular flexibility index (Phi) is 6.19. The zero-order chi connectivity index (χ0) is 17.6. The van der Waals surface area contributed by atoms with Gasteiger partial charge in [-0.2, -0.15) is 0 Å². The van der Waals surface area contributed by atoms with Crippen molar-refractivity contribution in [2.24, 2.45) is 0 Å². The van der Waals surface area contributed by atoms with Crippen LogP contribution in [0.5, 0.6) is 0 Å². The van der Waals surface area contributed by atoms with Crippen LogP contribution in [0.2, 0.25) is 10.0 Å². The molecule has 2 aromatic rings. The van der Waals surface area contributed by atoms with Gasteiger partial charge in [-0.15, -0.1) is 0 Å². The van der Waals surface area contributed by atoms with E-state index in [1.54, 1.807) is 11.0 Å². The molecule has 1 saturated heterocycles. The van der Waals surface area contributed by atoms with E-state index in [1.807, 2.05) is 30.3 Å². The largest absolute Gasteiger partial charge is 0.370 e. The highest BCUT2D eigenvalue weighted by Gasteiger charge is 2.25. The summed E-state index contributed by atoms with van der Waals surface area (Å²) in [6.45, 7) is 2.14. The Hall–Kier alpha value is -1.75. The molecule has 0 bridgehead atoms. The fourth-order valence-corrected chi connectivity index (χ4v) is 3.41. The van der Waals surface area contributed by atoms with Crippen molar-refractivity contribution >= 4 is 29.2 Å². The minimum Gasteiger partial charge on any atom is -0.370 e. The molecule has 0 aliphatic carbocycles. The molecule has 6 heteroatoms. The highest BCUT2D eigenvalue weighted by atomic mass is 35.5. The van der Waals surface area contributed by atoms with Crippen molar-refractivity contribution in [2.45, 2.75) is 12.5 Å². The van der Waals surface area contributed by atoms with E-state index in [2.05, 4.69) is 17.4 Å². The summed E-state index contributed by atoms with van der Waals surface area (Å²) < 4.78 is 5.79. The molecule has 2 amide bonds. The summed E-state index contributed by atoms with van der Waals surface area (Å²) in [5, 5.41) is 4.11. The second kappa shape index (κ2) is 8.56. The maximum Gasteiger partial charge on any atom is 0.317 e. The Balaban J connectivity index is 1.54. The lowest BCUT2D eigenvalue weighted by atomic mass is 10.1. The number of carbonyl (C=O) groups is 1. The van der Waals surface area contributed by atoms with Crippen molar-refractivity contribution in [2.75, 3.05) is 26.2 Å². The van der Waals surface area contributed by atoms with E-state index in [0.717, 1.165) is 12.0 Å². The highest BCUT2D eigenvalue weighted by Crippen LogP contribution is 2.28. The first kappa shape index (κ1) is 18.1. The lowest BCUT2D eigenvalue weighted by Gasteiger charge is -2.33. The van der Waals surface area contributed by atoms with Gasteiger partial charge in [-0.1, -0.05) is 53.5 Å². The molecular formula is C19H20Cl2N2O2. The number of nitrogens with one attached hydrogen (secondary N) is 1. The lowest BCUT2D eigenvalue weighted by Crippen LogP contribution is -2.47. The van der Waals surface area contributed by atoms with Crippen LogP contribution in [0.15, 0.2) is 48.5 Å². The Morgan fingerprint density at radius 1 is 1.16 bits per heavy atom. The number of rotatable bonds is 4. The standard InChI is InChI=1S/C19H20Cl2N2O2/c20-16-10-15(11-17(21)12-16)18-13-23(8-9-25-18)19(24)22-7-6-14-4-2-1-3-5-14/h1-5,10-12,18H,6-9,13H2,(H,22,24). The van der Waals surface area contributed by atoms with E-state index in [9.17, 15) is 4.79 Å². The Morgan fingerprint density at radius 3 is 2.60 bits per heavy atom. The number of hydrogen-bond donors (Lipinski definition) is 1. The van der Waals surface area contributed by atoms with Crippen LogP contribution in [-0.2, 0) is 11.2 Å². The molecule has 1 N–H and O–H groups in total. The van der Waals surface area contributed by atoms with Gasteiger partial charge in [-0.25, -0.2) is 4.79 Å². The highest BCUT2D eigenvalue weighted by molar-refractivity contribution is 6.34. The Morgan fingerprint density at radius 2 is 1.88 bits per heavy atom. The number of morpholine rings is 1. The summed E-state index contributed by atoms with van der Waals surface area (Å²) in [5.74, 6) is 0. The van der Waals surface area contributed by atoms with Gasteiger partial charge in [0.15, 0.2) is 0 Å². The molecule has 2 aromatic carbocycles. The third kappa shape index (κ3) is 5.11. The molecule has 4 nitrogen and oxygen atoms in total. The average Bonchev–Trinajstić information content (AvgIpc) is 2.62. The van der Waals surface area contributed by atoms with Crippen LogP contribution in [0.3, 0.4) is 0 Å². The quantitative estimate of drug-likeness (QED) is 0.860. The monoisotopic (exact) mass is 378 g/mol. The fourth-order valence-electron chi connectivity index (χ4n) is 2.87. The number of benzene rings is 2. The van der Waals surface area contributed by atoms with E-state index < -0.39 is 0 Å². The van der Waals surface area contributed by atoms with E-state index >= 15 is 0 Å². The molecule has 1 atom stereocenters. The second-order valence-electron chi connectivity index (χ2n) is 5.98. The molecule has 25 heavy (non-hydrogen) atoms. The minimum atomic E-state index is -0.218. The molecule has 132 valence electrons. The van der Waals surface area contributed by atoms with Crippen LogP contribution < -0.4 is 5.32 Å². The second-order valence-corrected chi connectivity index (χ2v) is 6.85. The maximum atomic E-state index is 12.4. The van der Waals surface area contributed by atoms with Crippen LogP contribution in [0.1, 0.15) is 17.2 Å². The van der Waals surface area contributed by atoms with Gasteiger partial charge in [0.1, 0.15) is 6.10 Å². The van der Waals surface area contributed by atoms with Crippen molar-refractivity contribution in [3.63, 3.8) is 0 Å². The van der Waals surface area contributed by atoms with Crippen molar-refractivity contribution in [3.05, 3.63) is 69.7 Å². The summed E-state index contributed by atoms with van der Waals surface area (Å²) >= 11 is 12.1. The van der Waals surface area contributed by atoms with Gasteiger partial charge < -0.3 is 15.0 Å². The van der Waals surface area contributed by atoms with Crippen LogP contribution in [-0.4, -0.2) is 37.2 Å². The van der Waals surface area contributed by atoms with E-state index in [1.165, 1.54) is 5.56 Å². The molecule has 0 radical (unpaired) electrons. The van der Waals surface area contributed by atoms with Gasteiger partial charge in [-0.3, -0.25) is 0 Å². The molecule has 1 fully saturated rings. The molecule has 1 aliphatic rings. The van der Waals surface area contributed by atoms with Crippen molar-refractivity contribution in [1.82, 2.24) is 10.2 Å². The van der Waals surface area contributed by atoms with Crippen LogP contribution >= 0.6 is 23.2 Å². The Bertz CT molecular complexity index is 704. The van der Waals surface area contributed by atoms with E-state index in [0.29, 0.717) is 36.3 Å². The molecular weight excluding hydrogens is 359 g/mol. The predicted octanol–water partition coefficient (Wildman–Crippen LogP) is 4.32. The number of amides is 2. The molecule has 0 aromatic heterocycles. The minimum absolute atomic E-state index is 0.0719. The van der Waals surface area contributed by atoms with Gasteiger partial charge in [0.05, 0.1) is 13.2 Å². The zero-order valence-corrected chi connectivity index (χ0v) is 15.3. The third-order valence-corrected chi connectivity index (χ3v) is 4.58. The van der Waals surface area contributed by atoms with Crippen molar-refractivity contribution in [3.8, 4) is 0 Å². The molecule has 1 aliphatic heterocycles. The molecule has 1 unspecified atom stereocenters. The summed E-state index contributed by atoms with van der Waals surface area (Å²) in [4.78, 5) is 14.2. The molecule has 0 saturated carbocycles. The van der Waals surface area contributed by atoms with Gasteiger partial charge in [-0.05, 0) is 35.7 Å². The van der Waals surface area contributed by atoms with Crippen LogP contribution in [0, 0.1) is 0 Å². The number of halogens is 2. The van der Waals surface area contributed by atoms with Crippen molar-refractivity contribution in [1.29, 1.82) is 0 Å². The smallest absolute Gasteiger partial charge is 0.317 e. The van der Waals surface area contributed by atoms with E-state index in [-0.39, 0.29) is 12.1 Å². The Labute approximate surface area is 157 Å². The summed E-state index contributed by atoms with van der Waals surface area (Å²) in [6, 6.07) is 15.4. The number of nitrogens with zero attached hydrogens (tertiary/aromatic N) is 1. The first-order valence-corrected chi connectivity index (χ1v) is 9.02. The van der Waals surface area contributed by atoms with Crippen LogP contribution in [0.4, 0.5) is 4.79 Å². The fraction of sp³-hybridized carbons (Fsp3) is 0.316. The summed E-state index contributed by atoms with van der Waals surface area (Å²) in [6.07, 6.45) is 0.592.